The fourth-order valence-electron chi connectivity index (χ4n) is 2.25. The predicted molar refractivity (Wildman–Crippen MR) is 63.9 cm³/mol. The molecular formula is C12H14N2O3. The number of nitrogens with two attached hydrogens (primary N) is 1. The van der Waals surface area contributed by atoms with Crippen molar-refractivity contribution >= 4 is 16.8 Å². The molecule has 17 heavy (non-hydrogen) atoms. The van der Waals surface area contributed by atoms with E-state index in [1.165, 1.54) is 0 Å². The molecule has 1 aliphatic heterocycles. The van der Waals surface area contributed by atoms with Crippen LogP contribution in [-0.2, 0) is 11.3 Å². The van der Waals surface area contributed by atoms with Crippen LogP contribution in [0.5, 0.6) is 0 Å². The lowest BCUT2D eigenvalue weighted by Crippen LogP contribution is -2.22. The number of hydrogen-bond donors (Lipinski definition) is 1. The van der Waals surface area contributed by atoms with Gasteiger partial charge in [-0.3, -0.25) is 4.57 Å². The summed E-state index contributed by atoms with van der Waals surface area (Å²) < 4.78 is 12.3. The largest absolute Gasteiger partial charge is 0.420 e. The maximum atomic E-state index is 11.7. The summed E-state index contributed by atoms with van der Waals surface area (Å²) in [5.74, 6) is -0.346. The molecule has 0 saturated carbocycles. The summed E-state index contributed by atoms with van der Waals surface area (Å²) in [6, 6.07) is 5.25. The number of oxazole rings is 1. The summed E-state index contributed by atoms with van der Waals surface area (Å²) in [6.07, 6.45) is 2.17. The zero-order valence-corrected chi connectivity index (χ0v) is 9.39. The highest BCUT2D eigenvalue weighted by atomic mass is 16.5. The van der Waals surface area contributed by atoms with Crippen molar-refractivity contribution in [3.8, 4) is 0 Å². The zero-order valence-electron chi connectivity index (χ0n) is 9.39. The molecular weight excluding hydrogens is 220 g/mol. The van der Waals surface area contributed by atoms with Crippen LogP contribution in [0.15, 0.2) is 27.4 Å². The quantitative estimate of drug-likeness (QED) is 0.796. The molecule has 5 heteroatoms. The van der Waals surface area contributed by atoms with E-state index < -0.39 is 0 Å². The summed E-state index contributed by atoms with van der Waals surface area (Å²) in [6.45, 7) is 1.33. The van der Waals surface area contributed by atoms with Crippen LogP contribution in [0.25, 0.3) is 11.1 Å². The van der Waals surface area contributed by atoms with Crippen molar-refractivity contribution in [3.05, 3.63) is 28.7 Å². The van der Waals surface area contributed by atoms with E-state index in [2.05, 4.69) is 0 Å². The molecule has 0 spiro atoms. The Morgan fingerprint density at radius 1 is 1.47 bits per heavy atom. The van der Waals surface area contributed by atoms with Crippen LogP contribution in [0.4, 0.5) is 5.69 Å². The summed E-state index contributed by atoms with van der Waals surface area (Å²) in [7, 11) is 0. The standard InChI is InChI=1S/C12H14N2O3/c13-8-3-4-10-11(6-8)17-12(15)14(10)7-9-2-1-5-16-9/h3-4,6,9H,1-2,5,7,13H2. The number of benzene rings is 1. The molecule has 2 heterocycles. The Morgan fingerprint density at radius 3 is 3.12 bits per heavy atom. The average Bonchev–Trinajstić information content (AvgIpc) is 2.88. The monoisotopic (exact) mass is 234 g/mol. The van der Waals surface area contributed by atoms with Crippen LogP contribution in [0.3, 0.4) is 0 Å². The first-order valence-electron chi connectivity index (χ1n) is 5.74. The Kier molecular flexibility index (Phi) is 2.40. The molecule has 1 aromatic heterocycles. The molecule has 0 radical (unpaired) electrons. The minimum atomic E-state index is -0.346. The van der Waals surface area contributed by atoms with Crippen molar-refractivity contribution in [3.63, 3.8) is 0 Å². The molecule has 0 amide bonds. The van der Waals surface area contributed by atoms with Crippen molar-refractivity contribution in [2.24, 2.45) is 0 Å². The Labute approximate surface area is 97.8 Å². The van der Waals surface area contributed by atoms with E-state index in [9.17, 15) is 4.79 Å². The molecule has 1 aromatic carbocycles. The third-order valence-corrected chi connectivity index (χ3v) is 3.10. The van der Waals surface area contributed by atoms with E-state index in [1.54, 1.807) is 16.7 Å². The van der Waals surface area contributed by atoms with Gasteiger partial charge >= 0.3 is 5.76 Å². The van der Waals surface area contributed by atoms with Crippen LogP contribution >= 0.6 is 0 Å². The van der Waals surface area contributed by atoms with Crippen LogP contribution in [-0.4, -0.2) is 17.3 Å². The first-order valence-corrected chi connectivity index (χ1v) is 5.74. The first-order chi connectivity index (χ1) is 8.24. The number of anilines is 1. The highest BCUT2D eigenvalue weighted by molar-refractivity contribution is 5.76. The molecule has 2 aromatic rings. The van der Waals surface area contributed by atoms with Gasteiger partial charge in [0.1, 0.15) is 0 Å². The lowest BCUT2D eigenvalue weighted by atomic mass is 10.2. The van der Waals surface area contributed by atoms with Crippen molar-refractivity contribution in [1.29, 1.82) is 0 Å². The number of rotatable bonds is 2. The minimum Gasteiger partial charge on any atom is -0.408 e. The third-order valence-electron chi connectivity index (χ3n) is 3.10. The van der Waals surface area contributed by atoms with Crippen molar-refractivity contribution in [1.82, 2.24) is 4.57 Å². The van der Waals surface area contributed by atoms with Gasteiger partial charge in [-0.2, -0.15) is 0 Å². The second-order valence-electron chi connectivity index (χ2n) is 4.34. The van der Waals surface area contributed by atoms with Gasteiger partial charge in [-0.05, 0) is 25.0 Å². The van der Waals surface area contributed by atoms with Gasteiger partial charge in [0.25, 0.3) is 0 Å². The highest BCUT2D eigenvalue weighted by Crippen LogP contribution is 2.19. The molecule has 1 atom stereocenters. The molecule has 2 N–H and O–H groups in total. The van der Waals surface area contributed by atoms with Gasteiger partial charge in [-0.1, -0.05) is 0 Å². The van der Waals surface area contributed by atoms with Crippen molar-refractivity contribution < 1.29 is 9.15 Å². The number of ether oxygens (including phenoxy) is 1. The number of hydrogen-bond acceptors (Lipinski definition) is 4. The normalized spacial score (nSPS) is 20.1. The van der Waals surface area contributed by atoms with Gasteiger partial charge in [-0.15, -0.1) is 0 Å². The molecule has 1 fully saturated rings. The smallest absolute Gasteiger partial charge is 0.408 e. The predicted octanol–water partition coefficient (Wildman–Crippen LogP) is 1.36. The molecule has 1 unspecified atom stereocenters. The van der Waals surface area contributed by atoms with E-state index in [1.807, 2.05) is 6.07 Å². The maximum absolute atomic E-state index is 11.7. The fourth-order valence-corrected chi connectivity index (χ4v) is 2.25. The average molecular weight is 234 g/mol. The van der Waals surface area contributed by atoms with Gasteiger partial charge < -0.3 is 14.9 Å². The molecule has 5 nitrogen and oxygen atoms in total. The highest BCUT2D eigenvalue weighted by Gasteiger charge is 2.19. The number of fused-ring (bicyclic) bond motifs is 1. The van der Waals surface area contributed by atoms with E-state index in [4.69, 9.17) is 14.9 Å². The fraction of sp³-hybridized carbons (Fsp3) is 0.417. The van der Waals surface area contributed by atoms with Gasteiger partial charge in [0.05, 0.1) is 18.2 Å². The maximum Gasteiger partial charge on any atom is 0.420 e. The summed E-state index contributed by atoms with van der Waals surface area (Å²) >= 11 is 0. The van der Waals surface area contributed by atoms with Gasteiger partial charge in [0.2, 0.25) is 0 Å². The van der Waals surface area contributed by atoms with E-state index in [0.29, 0.717) is 17.8 Å². The second kappa shape index (κ2) is 3.92. The lowest BCUT2D eigenvalue weighted by Gasteiger charge is -2.09. The topological polar surface area (TPSA) is 70.4 Å². The van der Waals surface area contributed by atoms with Gasteiger partial charge in [-0.25, -0.2) is 4.79 Å². The minimum absolute atomic E-state index is 0.117. The van der Waals surface area contributed by atoms with E-state index in [-0.39, 0.29) is 11.9 Å². The van der Waals surface area contributed by atoms with Crippen LogP contribution in [0.1, 0.15) is 12.8 Å². The number of aromatic nitrogens is 1. The Bertz CT molecular complexity index is 593. The molecule has 3 rings (SSSR count). The first kappa shape index (κ1) is 10.4. The van der Waals surface area contributed by atoms with Crippen LogP contribution < -0.4 is 11.5 Å². The molecule has 0 bridgehead atoms. The summed E-state index contributed by atoms with van der Waals surface area (Å²) in [5, 5.41) is 0. The Balaban J connectivity index is 2.02. The van der Waals surface area contributed by atoms with Crippen molar-refractivity contribution in [2.75, 3.05) is 12.3 Å². The van der Waals surface area contributed by atoms with E-state index in [0.717, 1.165) is 25.0 Å². The number of nitrogens with zero attached hydrogens (tertiary/aromatic N) is 1. The SMILES string of the molecule is Nc1ccc2c(c1)oc(=O)n2CC1CCCO1. The third kappa shape index (κ3) is 1.82. The molecule has 90 valence electrons. The Hall–Kier alpha value is -1.75. The van der Waals surface area contributed by atoms with Gasteiger partial charge in [0, 0.05) is 18.4 Å². The summed E-state index contributed by atoms with van der Waals surface area (Å²) in [4.78, 5) is 11.7. The molecule has 0 aliphatic carbocycles. The van der Waals surface area contributed by atoms with Crippen molar-refractivity contribution in [2.45, 2.75) is 25.5 Å². The summed E-state index contributed by atoms with van der Waals surface area (Å²) in [5.41, 5.74) is 7.56. The van der Waals surface area contributed by atoms with Crippen LogP contribution in [0, 0.1) is 0 Å². The molecule has 1 saturated heterocycles. The van der Waals surface area contributed by atoms with Crippen LogP contribution in [0.2, 0.25) is 0 Å². The molecule has 1 aliphatic rings. The zero-order chi connectivity index (χ0) is 11.8. The number of nitrogen functional groups attached to an aromatic ring is 1. The Morgan fingerprint density at radius 2 is 2.35 bits per heavy atom. The second-order valence-corrected chi connectivity index (χ2v) is 4.34. The lowest BCUT2D eigenvalue weighted by molar-refractivity contribution is 0.0962. The van der Waals surface area contributed by atoms with E-state index >= 15 is 0 Å². The van der Waals surface area contributed by atoms with Gasteiger partial charge in [0.15, 0.2) is 5.58 Å².